The van der Waals surface area contributed by atoms with Crippen molar-refractivity contribution >= 4 is 5.96 Å². The van der Waals surface area contributed by atoms with Gasteiger partial charge >= 0.3 is 0 Å². The summed E-state index contributed by atoms with van der Waals surface area (Å²) in [5.74, 6) is 2.17. The van der Waals surface area contributed by atoms with E-state index in [0.717, 1.165) is 57.4 Å². The lowest BCUT2D eigenvalue weighted by Crippen LogP contribution is -2.42. The third-order valence-electron chi connectivity index (χ3n) is 5.98. The van der Waals surface area contributed by atoms with Gasteiger partial charge in [-0.25, -0.2) is 0 Å². The molecule has 2 N–H and O–H groups in total. The number of nitrogens with one attached hydrogen (secondary N) is 2. The van der Waals surface area contributed by atoms with E-state index in [-0.39, 0.29) is 5.41 Å². The van der Waals surface area contributed by atoms with Crippen LogP contribution in [-0.2, 0) is 10.2 Å². The van der Waals surface area contributed by atoms with Crippen molar-refractivity contribution < 1.29 is 9.47 Å². The summed E-state index contributed by atoms with van der Waals surface area (Å²) in [7, 11) is 1.70. The first kappa shape index (κ1) is 22.2. The van der Waals surface area contributed by atoms with Crippen LogP contribution in [0.2, 0.25) is 0 Å². The minimum Gasteiger partial charge on any atom is -0.497 e. The summed E-state index contributed by atoms with van der Waals surface area (Å²) in [5, 5.41) is 6.94. The predicted molar refractivity (Wildman–Crippen MR) is 124 cm³/mol. The number of rotatable bonds is 8. The molecule has 1 saturated heterocycles. The van der Waals surface area contributed by atoms with Crippen molar-refractivity contribution in [3.63, 3.8) is 0 Å². The first-order valence-corrected chi connectivity index (χ1v) is 11.0. The molecule has 5 nitrogen and oxygen atoms in total. The Kier molecular flexibility index (Phi) is 8.14. The van der Waals surface area contributed by atoms with Gasteiger partial charge in [-0.05, 0) is 48.9 Å². The molecule has 0 saturated carbocycles. The van der Waals surface area contributed by atoms with Crippen molar-refractivity contribution in [1.29, 1.82) is 0 Å². The van der Waals surface area contributed by atoms with E-state index in [2.05, 4.69) is 66.9 Å². The molecule has 2 aromatic rings. The quantitative estimate of drug-likeness (QED) is 0.509. The number of benzene rings is 2. The molecular formula is C25H35N3O2. The van der Waals surface area contributed by atoms with Gasteiger partial charge in [-0.2, -0.15) is 0 Å². The van der Waals surface area contributed by atoms with E-state index in [9.17, 15) is 0 Å². The maximum Gasteiger partial charge on any atom is 0.191 e. The van der Waals surface area contributed by atoms with E-state index in [1.807, 2.05) is 12.1 Å². The van der Waals surface area contributed by atoms with Gasteiger partial charge in [0.25, 0.3) is 0 Å². The Morgan fingerprint density at radius 2 is 1.77 bits per heavy atom. The third kappa shape index (κ3) is 5.76. The van der Waals surface area contributed by atoms with Crippen molar-refractivity contribution in [2.45, 2.75) is 38.0 Å². The highest BCUT2D eigenvalue weighted by molar-refractivity contribution is 5.79. The van der Waals surface area contributed by atoms with Crippen LogP contribution in [0.4, 0.5) is 0 Å². The van der Waals surface area contributed by atoms with Crippen molar-refractivity contribution in [3.8, 4) is 5.75 Å². The van der Waals surface area contributed by atoms with Gasteiger partial charge in [0.15, 0.2) is 5.96 Å². The maximum absolute atomic E-state index is 5.67. The van der Waals surface area contributed by atoms with E-state index < -0.39 is 0 Å². The normalized spacial score (nSPS) is 17.2. The highest BCUT2D eigenvalue weighted by atomic mass is 16.5. The van der Waals surface area contributed by atoms with Crippen LogP contribution in [0.3, 0.4) is 0 Å². The van der Waals surface area contributed by atoms with Gasteiger partial charge in [0.2, 0.25) is 0 Å². The standard InChI is InChI=1S/C25H35N3O2/c1-4-26-24(27-18-20(2)21-8-6-5-7-9-21)28-19-25(14-16-30-17-15-25)22-10-12-23(29-3)13-11-22/h5-13,20H,4,14-19H2,1-3H3,(H2,26,27,28). The van der Waals surface area contributed by atoms with Crippen molar-refractivity contribution in [2.24, 2.45) is 4.99 Å². The lowest BCUT2D eigenvalue weighted by Gasteiger charge is -2.36. The molecule has 5 heteroatoms. The fraction of sp³-hybridized carbons (Fsp3) is 0.480. The smallest absolute Gasteiger partial charge is 0.191 e. The summed E-state index contributed by atoms with van der Waals surface area (Å²) in [6.45, 7) is 8.30. The molecule has 0 amide bonds. The van der Waals surface area contributed by atoms with E-state index in [1.54, 1.807) is 7.11 Å². The van der Waals surface area contributed by atoms with E-state index in [0.29, 0.717) is 5.92 Å². The van der Waals surface area contributed by atoms with Crippen LogP contribution in [0.5, 0.6) is 5.75 Å². The second kappa shape index (κ2) is 11.0. The Balaban J connectivity index is 1.72. The Hall–Kier alpha value is -2.53. The zero-order valence-electron chi connectivity index (χ0n) is 18.5. The number of ether oxygens (including phenoxy) is 2. The Morgan fingerprint density at radius 1 is 1.07 bits per heavy atom. The highest BCUT2D eigenvalue weighted by Gasteiger charge is 2.34. The fourth-order valence-electron chi connectivity index (χ4n) is 3.97. The Bertz CT molecular complexity index is 784. The minimum atomic E-state index is -0.00206. The van der Waals surface area contributed by atoms with Crippen LogP contribution in [0.25, 0.3) is 0 Å². The first-order chi connectivity index (χ1) is 14.7. The zero-order valence-corrected chi connectivity index (χ0v) is 18.5. The van der Waals surface area contributed by atoms with Gasteiger partial charge in [0.1, 0.15) is 5.75 Å². The molecule has 1 aliphatic heterocycles. The molecule has 1 aliphatic rings. The van der Waals surface area contributed by atoms with Crippen LogP contribution in [0.1, 0.15) is 43.7 Å². The Labute approximate surface area is 180 Å². The van der Waals surface area contributed by atoms with Crippen molar-refractivity contribution in [1.82, 2.24) is 10.6 Å². The van der Waals surface area contributed by atoms with Gasteiger partial charge in [-0.15, -0.1) is 0 Å². The van der Waals surface area contributed by atoms with Crippen LogP contribution >= 0.6 is 0 Å². The molecule has 1 atom stereocenters. The van der Waals surface area contributed by atoms with Crippen LogP contribution in [0.15, 0.2) is 59.6 Å². The maximum atomic E-state index is 5.67. The van der Waals surface area contributed by atoms with Crippen LogP contribution in [-0.4, -0.2) is 45.9 Å². The van der Waals surface area contributed by atoms with Gasteiger partial charge in [-0.3, -0.25) is 4.99 Å². The Morgan fingerprint density at radius 3 is 2.40 bits per heavy atom. The molecule has 1 heterocycles. The summed E-state index contributed by atoms with van der Waals surface area (Å²) in [6, 6.07) is 19.0. The van der Waals surface area contributed by atoms with Crippen LogP contribution in [0, 0.1) is 0 Å². The highest BCUT2D eigenvalue weighted by Crippen LogP contribution is 2.36. The third-order valence-corrected chi connectivity index (χ3v) is 5.98. The lowest BCUT2D eigenvalue weighted by molar-refractivity contribution is 0.0531. The summed E-state index contributed by atoms with van der Waals surface area (Å²) in [4.78, 5) is 5.00. The summed E-state index contributed by atoms with van der Waals surface area (Å²) in [5.41, 5.74) is 2.64. The molecule has 1 unspecified atom stereocenters. The molecule has 2 aromatic carbocycles. The second-order valence-corrected chi connectivity index (χ2v) is 8.01. The number of aliphatic imine (C=N–C) groups is 1. The monoisotopic (exact) mass is 409 g/mol. The average molecular weight is 410 g/mol. The zero-order chi connectivity index (χ0) is 21.2. The molecule has 0 aromatic heterocycles. The molecule has 3 rings (SSSR count). The van der Waals surface area contributed by atoms with E-state index in [4.69, 9.17) is 14.5 Å². The predicted octanol–water partition coefficient (Wildman–Crippen LogP) is 4.10. The minimum absolute atomic E-state index is 0.00206. The number of hydrogen-bond donors (Lipinski definition) is 2. The van der Waals surface area contributed by atoms with Crippen LogP contribution < -0.4 is 15.4 Å². The first-order valence-electron chi connectivity index (χ1n) is 11.0. The van der Waals surface area contributed by atoms with Gasteiger partial charge < -0.3 is 20.1 Å². The summed E-state index contributed by atoms with van der Waals surface area (Å²) >= 11 is 0. The van der Waals surface area contributed by atoms with Gasteiger partial charge in [0.05, 0.1) is 13.7 Å². The molecule has 0 spiro atoms. The molecule has 1 fully saturated rings. The fourth-order valence-corrected chi connectivity index (χ4v) is 3.97. The molecule has 0 bridgehead atoms. The average Bonchev–Trinajstić information content (AvgIpc) is 2.82. The lowest BCUT2D eigenvalue weighted by atomic mass is 9.74. The van der Waals surface area contributed by atoms with E-state index in [1.165, 1.54) is 11.1 Å². The number of methoxy groups -OCH3 is 1. The molecular weight excluding hydrogens is 374 g/mol. The molecule has 0 aliphatic carbocycles. The second-order valence-electron chi connectivity index (χ2n) is 8.01. The topological polar surface area (TPSA) is 54.9 Å². The molecule has 162 valence electrons. The summed E-state index contributed by atoms with van der Waals surface area (Å²) in [6.07, 6.45) is 1.95. The van der Waals surface area contributed by atoms with Gasteiger partial charge in [-0.1, -0.05) is 49.4 Å². The summed E-state index contributed by atoms with van der Waals surface area (Å²) < 4.78 is 11.0. The van der Waals surface area contributed by atoms with Crippen molar-refractivity contribution in [3.05, 3.63) is 65.7 Å². The molecule has 30 heavy (non-hydrogen) atoms. The SMILES string of the molecule is CCNC(=NCC1(c2ccc(OC)cc2)CCOCC1)NCC(C)c1ccccc1. The number of nitrogens with zero attached hydrogens (tertiary/aromatic N) is 1. The number of hydrogen-bond acceptors (Lipinski definition) is 3. The van der Waals surface area contributed by atoms with Crippen molar-refractivity contribution in [2.75, 3.05) is 40.0 Å². The van der Waals surface area contributed by atoms with E-state index >= 15 is 0 Å². The van der Waals surface area contributed by atoms with Gasteiger partial charge in [0, 0.05) is 31.7 Å². The number of guanidine groups is 1. The molecule has 0 radical (unpaired) electrons. The largest absolute Gasteiger partial charge is 0.497 e.